The number of carbonyl (C=O) groups excluding carboxylic acids is 2. The second kappa shape index (κ2) is 10.5. The molecule has 0 bridgehead atoms. The molecule has 162 valence electrons. The molecule has 0 unspecified atom stereocenters. The maximum absolute atomic E-state index is 12.4. The summed E-state index contributed by atoms with van der Waals surface area (Å²) in [6, 6.07) is 13.7. The number of likely N-dealkylation sites (N-methyl/N-ethyl adjacent to an activating group) is 1. The Hall–Kier alpha value is -3.26. The molecule has 0 heterocycles. The monoisotopic (exact) mass is 415 g/mol. The van der Waals surface area contributed by atoms with Crippen LogP contribution in [0.3, 0.4) is 0 Å². The lowest BCUT2D eigenvalue weighted by Crippen LogP contribution is -2.51. The van der Waals surface area contributed by atoms with Crippen molar-refractivity contribution in [3.05, 3.63) is 54.1 Å². The van der Waals surface area contributed by atoms with Gasteiger partial charge >= 0.3 is 6.03 Å². The molecule has 0 aliphatic carbocycles. The Bertz CT molecular complexity index is 850. The zero-order valence-electron chi connectivity index (χ0n) is 17.8. The maximum atomic E-state index is 12.4. The van der Waals surface area contributed by atoms with Crippen molar-refractivity contribution in [2.45, 2.75) is 19.1 Å². The van der Waals surface area contributed by atoms with Crippen LogP contribution in [0.15, 0.2) is 48.5 Å². The van der Waals surface area contributed by atoms with Crippen LogP contribution in [0.2, 0.25) is 0 Å². The first-order valence-corrected chi connectivity index (χ1v) is 9.59. The summed E-state index contributed by atoms with van der Waals surface area (Å²) < 4.78 is 11.7. The number of aliphatic carboxylic acids is 1. The lowest BCUT2D eigenvalue weighted by atomic mass is 10.2. The van der Waals surface area contributed by atoms with Crippen molar-refractivity contribution in [3.8, 4) is 11.5 Å². The number of nitrogens with zero attached hydrogens (tertiary/aromatic N) is 1. The predicted octanol–water partition coefficient (Wildman–Crippen LogP) is 1.61. The van der Waals surface area contributed by atoms with E-state index in [0.29, 0.717) is 34.8 Å². The molecule has 2 aromatic rings. The Labute approximate surface area is 177 Å². The van der Waals surface area contributed by atoms with Gasteiger partial charge in [-0.05, 0) is 17.7 Å². The number of hydrogen-bond donors (Lipinski definition) is 2. The highest BCUT2D eigenvalue weighted by molar-refractivity contribution is 5.90. The molecule has 2 rings (SSSR count). The van der Waals surface area contributed by atoms with E-state index in [4.69, 9.17) is 9.47 Å². The van der Waals surface area contributed by atoms with E-state index in [-0.39, 0.29) is 6.42 Å². The molecule has 30 heavy (non-hydrogen) atoms. The zero-order valence-corrected chi connectivity index (χ0v) is 17.8. The first-order chi connectivity index (χ1) is 14.2. The van der Waals surface area contributed by atoms with Crippen LogP contribution in [-0.4, -0.2) is 57.3 Å². The number of benzene rings is 2. The van der Waals surface area contributed by atoms with Crippen LogP contribution in [0, 0.1) is 0 Å². The molecule has 0 spiro atoms. The molecule has 8 nitrogen and oxygen atoms in total. The largest absolute Gasteiger partial charge is 0.550 e. The van der Waals surface area contributed by atoms with Crippen molar-refractivity contribution in [1.82, 2.24) is 5.32 Å². The van der Waals surface area contributed by atoms with Gasteiger partial charge in [0.05, 0.1) is 40.8 Å². The van der Waals surface area contributed by atoms with E-state index in [2.05, 4.69) is 10.6 Å². The molecule has 2 N–H and O–H groups in total. The average molecular weight is 415 g/mol. The standard InChI is InChI=1S/C22H29N3O5/c1-25(2,3)14-18(13-21(26)27)24-22(28)23-17-10-11-19(29-4)20(12-17)30-15-16-8-6-5-7-9-16/h5-12,18H,13-15H2,1-4H3,(H2-,23,24,26,27,28)/t18-/m1/s1. The molecule has 0 saturated carbocycles. The average Bonchev–Trinajstić information content (AvgIpc) is 2.65. The Morgan fingerprint density at radius 1 is 1.07 bits per heavy atom. The normalized spacial score (nSPS) is 12.0. The van der Waals surface area contributed by atoms with E-state index in [9.17, 15) is 14.7 Å². The first-order valence-electron chi connectivity index (χ1n) is 9.59. The molecule has 1 atom stereocenters. The van der Waals surface area contributed by atoms with Gasteiger partial charge in [-0.15, -0.1) is 0 Å². The van der Waals surface area contributed by atoms with E-state index in [1.165, 1.54) is 0 Å². The minimum absolute atomic E-state index is 0.267. The van der Waals surface area contributed by atoms with Crippen LogP contribution in [0.4, 0.5) is 10.5 Å². The number of quaternary nitrogens is 1. The summed E-state index contributed by atoms with van der Waals surface area (Å²) in [5.41, 5.74) is 1.50. The van der Waals surface area contributed by atoms with Gasteiger partial charge in [-0.3, -0.25) is 0 Å². The summed E-state index contributed by atoms with van der Waals surface area (Å²) >= 11 is 0. The van der Waals surface area contributed by atoms with Crippen molar-refractivity contribution in [3.63, 3.8) is 0 Å². The topological polar surface area (TPSA) is 99.7 Å². The number of carboxylic acid groups (broad SMARTS) is 1. The Morgan fingerprint density at radius 3 is 2.37 bits per heavy atom. The van der Waals surface area contributed by atoms with Crippen LogP contribution in [-0.2, 0) is 11.4 Å². The summed E-state index contributed by atoms with van der Waals surface area (Å²) in [7, 11) is 7.30. The fourth-order valence-electron chi connectivity index (χ4n) is 2.98. The number of ether oxygens (including phenoxy) is 2. The number of amides is 2. The highest BCUT2D eigenvalue weighted by atomic mass is 16.5. The number of anilines is 1. The van der Waals surface area contributed by atoms with Crippen molar-refractivity contribution in [1.29, 1.82) is 0 Å². The van der Waals surface area contributed by atoms with Gasteiger partial charge in [0.1, 0.15) is 6.61 Å². The molecule has 0 aliphatic heterocycles. The third-order valence-corrected chi connectivity index (χ3v) is 4.18. The zero-order chi connectivity index (χ0) is 22.1. The Morgan fingerprint density at radius 2 is 1.77 bits per heavy atom. The summed E-state index contributed by atoms with van der Waals surface area (Å²) in [5.74, 6) is -0.191. The van der Waals surface area contributed by atoms with Gasteiger partial charge in [-0.1, -0.05) is 30.3 Å². The molecule has 2 amide bonds. The number of rotatable bonds is 10. The van der Waals surface area contributed by atoms with E-state index < -0.39 is 18.0 Å². The fourth-order valence-corrected chi connectivity index (χ4v) is 2.98. The van der Waals surface area contributed by atoms with Crippen LogP contribution in [0.5, 0.6) is 11.5 Å². The summed E-state index contributed by atoms with van der Waals surface area (Å²) in [5, 5.41) is 16.4. The van der Waals surface area contributed by atoms with Crippen molar-refractivity contribution < 1.29 is 28.7 Å². The quantitative estimate of drug-likeness (QED) is 0.575. The van der Waals surface area contributed by atoms with Gasteiger partial charge in [-0.2, -0.15) is 0 Å². The molecule has 0 aromatic heterocycles. The second-order valence-electron chi connectivity index (χ2n) is 7.98. The summed E-state index contributed by atoms with van der Waals surface area (Å²) in [4.78, 5) is 23.4. The Balaban J connectivity index is 2.05. The molecule has 0 aliphatic rings. The van der Waals surface area contributed by atoms with E-state index in [1.54, 1.807) is 25.3 Å². The number of methoxy groups -OCH3 is 1. The van der Waals surface area contributed by atoms with E-state index in [1.807, 2.05) is 51.5 Å². The minimum Gasteiger partial charge on any atom is -0.550 e. The van der Waals surface area contributed by atoms with Gasteiger partial charge in [0, 0.05) is 24.1 Å². The van der Waals surface area contributed by atoms with Gasteiger partial charge in [0.25, 0.3) is 0 Å². The number of carbonyl (C=O) groups is 2. The van der Waals surface area contributed by atoms with Crippen molar-refractivity contribution >= 4 is 17.7 Å². The molecule has 0 radical (unpaired) electrons. The maximum Gasteiger partial charge on any atom is 0.319 e. The molecular weight excluding hydrogens is 386 g/mol. The van der Waals surface area contributed by atoms with E-state index in [0.717, 1.165) is 5.56 Å². The number of carboxylic acids is 1. The van der Waals surface area contributed by atoms with Crippen LogP contribution >= 0.6 is 0 Å². The van der Waals surface area contributed by atoms with E-state index >= 15 is 0 Å². The van der Waals surface area contributed by atoms with Crippen LogP contribution < -0.4 is 25.2 Å². The van der Waals surface area contributed by atoms with Gasteiger partial charge in [-0.25, -0.2) is 4.79 Å². The van der Waals surface area contributed by atoms with Crippen LogP contribution in [0.1, 0.15) is 12.0 Å². The van der Waals surface area contributed by atoms with Gasteiger partial charge in [0.15, 0.2) is 11.5 Å². The van der Waals surface area contributed by atoms with Crippen LogP contribution in [0.25, 0.3) is 0 Å². The Kier molecular flexibility index (Phi) is 8.06. The van der Waals surface area contributed by atoms with Crippen molar-refractivity contribution in [2.75, 3.05) is 40.1 Å². The highest BCUT2D eigenvalue weighted by Crippen LogP contribution is 2.31. The lowest BCUT2D eigenvalue weighted by Gasteiger charge is -2.30. The van der Waals surface area contributed by atoms with Gasteiger partial charge in [0.2, 0.25) is 0 Å². The molecular formula is C22H29N3O5. The summed E-state index contributed by atoms with van der Waals surface area (Å²) in [6.07, 6.45) is -0.267. The SMILES string of the molecule is COc1ccc(NC(=O)N[C@H](CC(=O)[O-])C[N+](C)(C)C)cc1OCc1ccccc1. The number of urea groups is 1. The number of hydrogen-bond acceptors (Lipinski definition) is 5. The first kappa shape index (κ1) is 23.0. The minimum atomic E-state index is -1.21. The highest BCUT2D eigenvalue weighted by Gasteiger charge is 2.20. The third-order valence-electron chi connectivity index (χ3n) is 4.18. The summed E-state index contributed by atoms with van der Waals surface area (Å²) in [6.45, 7) is 0.791. The van der Waals surface area contributed by atoms with Crippen molar-refractivity contribution in [2.24, 2.45) is 0 Å². The molecule has 2 aromatic carbocycles. The fraction of sp³-hybridized carbons (Fsp3) is 0.364. The van der Waals surface area contributed by atoms with Gasteiger partial charge < -0.3 is 34.5 Å². The lowest BCUT2D eigenvalue weighted by molar-refractivity contribution is -0.871. The molecule has 8 heteroatoms. The number of nitrogens with one attached hydrogen (secondary N) is 2. The smallest absolute Gasteiger partial charge is 0.319 e. The molecule has 0 fully saturated rings. The predicted molar refractivity (Wildman–Crippen MR) is 112 cm³/mol. The second-order valence-corrected chi connectivity index (χ2v) is 7.98. The molecule has 0 saturated heterocycles. The third kappa shape index (κ3) is 8.00.